The maximum atomic E-state index is 8.92. The lowest BCUT2D eigenvalue weighted by atomic mass is 10.00. The molecule has 0 aliphatic carbocycles. The minimum atomic E-state index is -0.113. The Morgan fingerprint density at radius 3 is 2.74 bits per heavy atom. The van der Waals surface area contributed by atoms with Crippen molar-refractivity contribution in [3.05, 3.63) is 53.1 Å². The maximum Gasteiger partial charge on any atom is 0.161 e. The molecule has 0 saturated heterocycles. The number of benzene rings is 2. The van der Waals surface area contributed by atoms with Gasteiger partial charge in [0.05, 0.1) is 13.7 Å². The Kier molecular flexibility index (Phi) is 5.92. The van der Waals surface area contributed by atoms with Crippen molar-refractivity contribution in [2.45, 2.75) is 45.4 Å². The summed E-state index contributed by atoms with van der Waals surface area (Å²) in [6.45, 7) is 7.37. The molecular weight excluding hydrogens is 342 g/mol. The zero-order chi connectivity index (χ0) is 19.4. The quantitative estimate of drug-likeness (QED) is 0.742. The SMILES string of the molecule is COc1cc(C(C)NCc2ccc3c(c2)CC(C)(C)O3)ccc1OCCO. The van der Waals surface area contributed by atoms with Crippen LogP contribution < -0.4 is 19.5 Å². The number of aliphatic hydroxyl groups excluding tert-OH is 1. The Labute approximate surface area is 161 Å². The molecule has 0 saturated carbocycles. The number of nitrogens with one attached hydrogen (secondary N) is 1. The van der Waals surface area contributed by atoms with E-state index in [9.17, 15) is 0 Å². The molecule has 1 atom stereocenters. The minimum Gasteiger partial charge on any atom is -0.493 e. The number of aliphatic hydroxyl groups is 1. The molecule has 1 aliphatic heterocycles. The maximum absolute atomic E-state index is 8.92. The molecule has 1 unspecified atom stereocenters. The summed E-state index contributed by atoms with van der Waals surface area (Å²) in [5.41, 5.74) is 3.53. The predicted molar refractivity (Wildman–Crippen MR) is 106 cm³/mol. The Morgan fingerprint density at radius 2 is 2.00 bits per heavy atom. The third kappa shape index (κ3) is 4.73. The molecule has 0 radical (unpaired) electrons. The van der Waals surface area contributed by atoms with Gasteiger partial charge in [-0.25, -0.2) is 0 Å². The van der Waals surface area contributed by atoms with Crippen LogP contribution in [0.2, 0.25) is 0 Å². The third-order valence-corrected chi connectivity index (χ3v) is 4.78. The van der Waals surface area contributed by atoms with Gasteiger partial charge in [0.2, 0.25) is 0 Å². The number of ether oxygens (including phenoxy) is 3. The van der Waals surface area contributed by atoms with Crippen molar-refractivity contribution in [2.24, 2.45) is 0 Å². The van der Waals surface area contributed by atoms with Gasteiger partial charge in [-0.15, -0.1) is 0 Å². The Hall–Kier alpha value is -2.24. The van der Waals surface area contributed by atoms with E-state index in [-0.39, 0.29) is 24.9 Å². The van der Waals surface area contributed by atoms with Crippen LogP contribution in [0.15, 0.2) is 36.4 Å². The van der Waals surface area contributed by atoms with E-state index in [4.69, 9.17) is 19.3 Å². The standard InChI is InChI=1S/C22H29NO4/c1-15(17-6-8-20(26-10-9-24)21(12-17)25-4)23-14-16-5-7-19-18(11-16)13-22(2,3)27-19/h5-8,11-12,15,23-24H,9-10,13-14H2,1-4H3. The molecule has 5 nitrogen and oxygen atoms in total. The van der Waals surface area contributed by atoms with Gasteiger partial charge in [0.1, 0.15) is 18.0 Å². The molecule has 2 N–H and O–H groups in total. The van der Waals surface area contributed by atoms with Gasteiger partial charge in [0, 0.05) is 19.0 Å². The summed E-state index contributed by atoms with van der Waals surface area (Å²) in [6.07, 6.45) is 0.943. The second-order valence-corrected chi connectivity index (χ2v) is 7.57. The van der Waals surface area contributed by atoms with Crippen LogP contribution in [0, 0.1) is 0 Å². The monoisotopic (exact) mass is 371 g/mol. The van der Waals surface area contributed by atoms with Gasteiger partial charge in [-0.1, -0.05) is 18.2 Å². The molecule has 0 bridgehead atoms. The molecule has 146 valence electrons. The van der Waals surface area contributed by atoms with Crippen LogP contribution in [0.3, 0.4) is 0 Å². The lowest BCUT2D eigenvalue weighted by molar-refractivity contribution is 0.138. The first-order valence-corrected chi connectivity index (χ1v) is 9.37. The highest BCUT2D eigenvalue weighted by atomic mass is 16.5. The number of rotatable bonds is 8. The molecule has 0 spiro atoms. The first kappa shape index (κ1) is 19.5. The largest absolute Gasteiger partial charge is 0.493 e. The molecule has 3 rings (SSSR count). The van der Waals surface area contributed by atoms with Crippen LogP contribution >= 0.6 is 0 Å². The lowest BCUT2D eigenvalue weighted by Crippen LogP contribution is -2.24. The van der Waals surface area contributed by atoms with Crippen molar-refractivity contribution < 1.29 is 19.3 Å². The number of fused-ring (bicyclic) bond motifs is 1. The predicted octanol–water partition coefficient (Wildman–Crippen LogP) is 3.63. The topological polar surface area (TPSA) is 60.0 Å². The van der Waals surface area contributed by atoms with Crippen LogP contribution in [0.5, 0.6) is 17.2 Å². The molecule has 1 aliphatic rings. The first-order chi connectivity index (χ1) is 12.9. The number of methoxy groups -OCH3 is 1. The fraction of sp³-hybridized carbons (Fsp3) is 0.455. The van der Waals surface area contributed by atoms with Crippen LogP contribution in [-0.2, 0) is 13.0 Å². The normalized spacial score (nSPS) is 15.7. The zero-order valence-corrected chi connectivity index (χ0v) is 16.5. The van der Waals surface area contributed by atoms with Crippen molar-refractivity contribution in [1.29, 1.82) is 0 Å². The summed E-state index contributed by atoms with van der Waals surface area (Å²) in [5, 5.41) is 12.5. The summed E-state index contributed by atoms with van der Waals surface area (Å²) >= 11 is 0. The fourth-order valence-corrected chi connectivity index (χ4v) is 3.39. The highest BCUT2D eigenvalue weighted by molar-refractivity contribution is 5.44. The van der Waals surface area contributed by atoms with Crippen molar-refractivity contribution in [1.82, 2.24) is 5.32 Å². The summed E-state index contributed by atoms with van der Waals surface area (Å²) in [6, 6.07) is 12.5. The molecule has 0 amide bonds. The van der Waals surface area contributed by atoms with Crippen molar-refractivity contribution in [3.8, 4) is 17.2 Å². The summed E-state index contributed by atoms with van der Waals surface area (Å²) < 4.78 is 16.9. The van der Waals surface area contributed by atoms with Crippen LogP contribution in [0.4, 0.5) is 0 Å². The smallest absolute Gasteiger partial charge is 0.161 e. The summed E-state index contributed by atoms with van der Waals surface area (Å²) in [4.78, 5) is 0. The van der Waals surface area contributed by atoms with Gasteiger partial charge < -0.3 is 24.6 Å². The van der Waals surface area contributed by atoms with Crippen LogP contribution in [-0.4, -0.2) is 31.0 Å². The lowest BCUT2D eigenvalue weighted by Gasteiger charge is -2.17. The third-order valence-electron chi connectivity index (χ3n) is 4.78. The molecule has 5 heteroatoms. The Balaban J connectivity index is 1.64. The van der Waals surface area contributed by atoms with Gasteiger partial charge in [0.25, 0.3) is 0 Å². The number of hydrogen-bond acceptors (Lipinski definition) is 5. The minimum absolute atomic E-state index is 0.0220. The van der Waals surface area contributed by atoms with E-state index < -0.39 is 0 Å². The van der Waals surface area contributed by atoms with Crippen molar-refractivity contribution >= 4 is 0 Å². The highest BCUT2D eigenvalue weighted by Gasteiger charge is 2.29. The highest BCUT2D eigenvalue weighted by Crippen LogP contribution is 2.35. The molecule has 2 aromatic carbocycles. The molecule has 27 heavy (non-hydrogen) atoms. The molecule has 0 fully saturated rings. The van der Waals surface area contributed by atoms with Gasteiger partial charge in [-0.3, -0.25) is 0 Å². The second-order valence-electron chi connectivity index (χ2n) is 7.57. The number of hydrogen-bond donors (Lipinski definition) is 2. The summed E-state index contributed by atoms with van der Waals surface area (Å²) in [5.74, 6) is 2.32. The van der Waals surface area contributed by atoms with Gasteiger partial charge >= 0.3 is 0 Å². The zero-order valence-electron chi connectivity index (χ0n) is 16.5. The van der Waals surface area contributed by atoms with E-state index in [1.54, 1.807) is 7.11 Å². The summed E-state index contributed by atoms with van der Waals surface area (Å²) in [7, 11) is 1.62. The fourth-order valence-electron chi connectivity index (χ4n) is 3.39. The molecule has 2 aromatic rings. The van der Waals surface area contributed by atoms with Crippen molar-refractivity contribution in [2.75, 3.05) is 20.3 Å². The Morgan fingerprint density at radius 1 is 1.19 bits per heavy atom. The van der Waals surface area contributed by atoms with E-state index in [0.717, 1.165) is 24.3 Å². The second kappa shape index (κ2) is 8.19. The average molecular weight is 371 g/mol. The van der Waals surface area contributed by atoms with E-state index >= 15 is 0 Å². The van der Waals surface area contributed by atoms with E-state index in [1.165, 1.54) is 11.1 Å². The average Bonchev–Trinajstić information content (AvgIpc) is 2.97. The van der Waals surface area contributed by atoms with E-state index in [1.807, 2.05) is 18.2 Å². The van der Waals surface area contributed by atoms with E-state index in [2.05, 4.69) is 44.3 Å². The molecular formula is C22H29NO4. The van der Waals surface area contributed by atoms with Gasteiger partial charge in [-0.05, 0) is 55.7 Å². The van der Waals surface area contributed by atoms with Crippen molar-refractivity contribution in [3.63, 3.8) is 0 Å². The Bertz CT molecular complexity index is 788. The van der Waals surface area contributed by atoms with Gasteiger partial charge in [0.15, 0.2) is 11.5 Å². The van der Waals surface area contributed by atoms with Crippen LogP contribution in [0.1, 0.15) is 43.5 Å². The van der Waals surface area contributed by atoms with E-state index in [0.29, 0.717) is 11.5 Å². The van der Waals surface area contributed by atoms with Crippen LogP contribution in [0.25, 0.3) is 0 Å². The van der Waals surface area contributed by atoms with Gasteiger partial charge in [-0.2, -0.15) is 0 Å². The molecule has 1 heterocycles. The first-order valence-electron chi connectivity index (χ1n) is 9.37. The molecule has 0 aromatic heterocycles.